The lowest BCUT2D eigenvalue weighted by molar-refractivity contribution is -0.148. The third-order valence-electron chi connectivity index (χ3n) is 2.98. The molecular formula is C10H15N5O4. The van der Waals surface area contributed by atoms with Gasteiger partial charge in [-0.15, -0.1) is 5.10 Å². The van der Waals surface area contributed by atoms with Crippen molar-refractivity contribution in [3.05, 3.63) is 11.9 Å². The van der Waals surface area contributed by atoms with Crippen LogP contribution in [-0.4, -0.2) is 60.7 Å². The number of aliphatic hydroxyl groups excluding tert-OH is 1. The highest BCUT2D eigenvalue weighted by atomic mass is 16.4. The molecule has 2 heterocycles. The van der Waals surface area contributed by atoms with Gasteiger partial charge in [0.1, 0.15) is 12.6 Å². The zero-order valence-corrected chi connectivity index (χ0v) is 10.1. The Morgan fingerprint density at radius 2 is 2.26 bits per heavy atom. The van der Waals surface area contributed by atoms with Gasteiger partial charge in [0.05, 0.1) is 18.0 Å². The Morgan fingerprint density at radius 1 is 1.53 bits per heavy atom. The zero-order valence-electron chi connectivity index (χ0n) is 10.1. The first-order valence-electron chi connectivity index (χ1n) is 5.80. The lowest BCUT2D eigenvalue weighted by atomic mass is 10.2. The predicted molar refractivity (Wildman–Crippen MR) is 61.7 cm³/mol. The number of carboxylic acid groups (broad SMARTS) is 1. The van der Waals surface area contributed by atoms with E-state index in [1.807, 2.05) is 0 Å². The number of rotatable bonds is 4. The van der Waals surface area contributed by atoms with Gasteiger partial charge in [-0.2, -0.15) is 0 Å². The van der Waals surface area contributed by atoms with Crippen LogP contribution in [-0.2, 0) is 22.7 Å². The highest BCUT2D eigenvalue weighted by Gasteiger charge is 2.38. The van der Waals surface area contributed by atoms with Gasteiger partial charge in [-0.3, -0.25) is 4.79 Å². The number of aliphatic hydroxyl groups is 1. The average molecular weight is 269 g/mol. The number of aromatic nitrogens is 3. The van der Waals surface area contributed by atoms with Gasteiger partial charge in [-0.1, -0.05) is 5.21 Å². The van der Waals surface area contributed by atoms with Gasteiger partial charge in [0, 0.05) is 19.5 Å². The molecule has 104 valence electrons. The van der Waals surface area contributed by atoms with Crippen molar-refractivity contribution in [1.29, 1.82) is 0 Å². The number of aliphatic carboxylic acids is 1. The molecule has 2 unspecified atom stereocenters. The molecule has 0 aliphatic carbocycles. The molecule has 1 aromatic rings. The third-order valence-corrected chi connectivity index (χ3v) is 2.98. The van der Waals surface area contributed by atoms with Crippen LogP contribution in [0.4, 0.5) is 0 Å². The second-order valence-electron chi connectivity index (χ2n) is 4.40. The maximum Gasteiger partial charge on any atom is 0.326 e. The first kappa shape index (κ1) is 13.4. The van der Waals surface area contributed by atoms with E-state index in [9.17, 15) is 14.7 Å². The Labute approximate surface area is 108 Å². The van der Waals surface area contributed by atoms with Crippen molar-refractivity contribution in [3.63, 3.8) is 0 Å². The summed E-state index contributed by atoms with van der Waals surface area (Å²) in [4.78, 5) is 24.2. The molecule has 9 nitrogen and oxygen atoms in total. The monoisotopic (exact) mass is 269 g/mol. The molecule has 0 aromatic carbocycles. The molecule has 2 rings (SSSR count). The summed E-state index contributed by atoms with van der Waals surface area (Å²) in [6.07, 6.45) is 0.771. The molecule has 2 atom stereocenters. The van der Waals surface area contributed by atoms with Crippen LogP contribution in [0.1, 0.15) is 12.1 Å². The lowest BCUT2D eigenvalue weighted by Crippen LogP contribution is -2.42. The second kappa shape index (κ2) is 5.33. The SMILES string of the molecule is NCc1cn(CC(=O)N2CC(O)CC2C(=O)O)nn1. The van der Waals surface area contributed by atoms with Gasteiger partial charge in [-0.25, -0.2) is 9.48 Å². The quantitative estimate of drug-likeness (QED) is 0.563. The number of carbonyl (C=O) groups excluding carboxylic acids is 1. The van der Waals surface area contributed by atoms with Crippen molar-refractivity contribution in [2.24, 2.45) is 5.73 Å². The summed E-state index contributed by atoms with van der Waals surface area (Å²) in [5.41, 5.74) is 5.92. The molecule has 0 saturated carbocycles. The molecule has 4 N–H and O–H groups in total. The number of carbonyl (C=O) groups is 2. The van der Waals surface area contributed by atoms with Gasteiger partial charge in [0.15, 0.2) is 0 Å². The second-order valence-corrected chi connectivity index (χ2v) is 4.40. The number of nitrogens with zero attached hydrogens (tertiary/aromatic N) is 4. The van der Waals surface area contributed by atoms with Gasteiger partial charge < -0.3 is 20.8 Å². The highest BCUT2D eigenvalue weighted by Crippen LogP contribution is 2.18. The van der Waals surface area contributed by atoms with E-state index in [2.05, 4.69) is 10.3 Å². The summed E-state index contributed by atoms with van der Waals surface area (Å²) in [7, 11) is 0. The van der Waals surface area contributed by atoms with E-state index < -0.39 is 24.0 Å². The molecule has 19 heavy (non-hydrogen) atoms. The van der Waals surface area contributed by atoms with Crippen molar-refractivity contribution in [2.75, 3.05) is 6.54 Å². The summed E-state index contributed by atoms with van der Waals surface area (Å²) in [6.45, 7) is 0.117. The van der Waals surface area contributed by atoms with Crippen molar-refractivity contribution in [2.45, 2.75) is 31.7 Å². The van der Waals surface area contributed by atoms with Crippen molar-refractivity contribution < 1.29 is 19.8 Å². The number of nitrogens with two attached hydrogens (primary N) is 1. The Hall–Kier alpha value is -2.00. The van der Waals surface area contributed by atoms with E-state index in [1.165, 1.54) is 10.9 Å². The van der Waals surface area contributed by atoms with E-state index in [0.29, 0.717) is 5.69 Å². The van der Waals surface area contributed by atoms with Crippen molar-refractivity contribution in [3.8, 4) is 0 Å². The first-order valence-corrected chi connectivity index (χ1v) is 5.80. The van der Waals surface area contributed by atoms with Gasteiger partial charge in [0.2, 0.25) is 5.91 Å². The Morgan fingerprint density at radius 3 is 2.84 bits per heavy atom. The van der Waals surface area contributed by atoms with Crippen LogP contribution in [0, 0.1) is 0 Å². The molecule has 1 fully saturated rings. The fourth-order valence-corrected chi connectivity index (χ4v) is 2.06. The van der Waals surface area contributed by atoms with Crippen LogP contribution < -0.4 is 5.73 Å². The normalized spacial score (nSPS) is 22.7. The lowest BCUT2D eigenvalue weighted by Gasteiger charge is -2.20. The molecular weight excluding hydrogens is 254 g/mol. The molecule has 0 bridgehead atoms. The topological polar surface area (TPSA) is 135 Å². The molecule has 0 spiro atoms. The largest absolute Gasteiger partial charge is 0.480 e. The van der Waals surface area contributed by atoms with Crippen LogP contribution >= 0.6 is 0 Å². The molecule has 0 radical (unpaired) electrons. The summed E-state index contributed by atoms with van der Waals surface area (Å²) < 4.78 is 1.30. The van der Waals surface area contributed by atoms with Crippen molar-refractivity contribution in [1.82, 2.24) is 19.9 Å². The summed E-state index contributed by atoms with van der Waals surface area (Å²) in [6, 6.07) is -0.986. The minimum Gasteiger partial charge on any atom is -0.480 e. The predicted octanol–water partition coefficient (Wildman–Crippen LogP) is -2.22. The molecule has 9 heteroatoms. The standard InChI is InChI=1S/C10H15N5O4/c11-2-6-3-14(13-12-6)5-9(17)15-4-7(16)1-8(15)10(18)19/h3,7-8,16H,1-2,4-5,11H2,(H,18,19). The highest BCUT2D eigenvalue weighted by molar-refractivity contribution is 5.84. The van der Waals surface area contributed by atoms with Crippen molar-refractivity contribution >= 4 is 11.9 Å². The Balaban J connectivity index is 2.04. The number of likely N-dealkylation sites (tertiary alicyclic amines) is 1. The van der Waals surface area contributed by atoms with E-state index >= 15 is 0 Å². The molecule has 1 saturated heterocycles. The van der Waals surface area contributed by atoms with Gasteiger partial charge in [-0.05, 0) is 0 Å². The fraction of sp³-hybridized carbons (Fsp3) is 0.600. The van der Waals surface area contributed by atoms with Gasteiger partial charge >= 0.3 is 5.97 Å². The van der Waals surface area contributed by atoms with Crippen LogP contribution in [0.5, 0.6) is 0 Å². The van der Waals surface area contributed by atoms with E-state index in [0.717, 1.165) is 4.90 Å². The van der Waals surface area contributed by atoms with E-state index in [4.69, 9.17) is 10.8 Å². The van der Waals surface area contributed by atoms with Crippen LogP contribution in [0.15, 0.2) is 6.20 Å². The fourth-order valence-electron chi connectivity index (χ4n) is 2.06. The number of hydrogen-bond donors (Lipinski definition) is 3. The third kappa shape index (κ3) is 2.88. The van der Waals surface area contributed by atoms with Crippen LogP contribution in [0.2, 0.25) is 0 Å². The molecule has 1 amide bonds. The van der Waals surface area contributed by atoms with Crippen LogP contribution in [0.3, 0.4) is 0 Å². The molecule has 1 aliphatic heterocycles. The number of β-amino-alcohol motifs (C(OH)–C–C–N with tert-alkyl or cyclic N) is 1. The zero-order chi connectivity index (χ0) is 14.0. The van der Waals surface area contributed by atoms with Crippen LogP contribution in [0.25, 0.3) is 0 Å². The minimum absolute atomic E-state index is 0.0221. The molecule has 1 aromatic heterocycles. The number of hydrogen-bond acceptors (Lipinski definition) is 6. The summed E-state index contributed by atoms with van der Waals surface area (Å²) >= 11 is 0. The summed E-state index contributed by atoms with van der Waals surface area (Å²) in [5.74, 6) is -1.54. The maximum absolute atomic E-state index is 12.0. The molecule has 1 aliphatic rings. The number of amides is 1. The maximum atomic E-state index is 12.0. The Kier molecular flexibility index (Phi) is 3.76. The average Bonchev–Trinajstić information content (AvgIpc) is 2.95. The Bertz CT molecular complexity index is 488. The van der Waals surface area contributed by atoms with E-state index in [1.54, 1.807) is 0 Å². The van der Waals surface area contributed by atoms with E-state index in [-0.39, 0.29) is 26.1 Å². The number of carboxylic acids is 1. The van der Waals surface area contributed by atoms with Gasteiger partial charge in [0.25, 0.3) is 0 Å². The summed E-state index contributed by atoms with van der Waals surface area (Å²) in [5, 5.41) is 25.9. The first-order chi connectivity index (χ1) is 9.01. The smallest absolute Gasteiger partial charge is 0.326 e. The minimum atomic E-state index is -1.12.